The van der Waals surface area contributed by atoms with Crippen molar-refractivity contribution in [1.29, 1.82) is 0 Å². The van der Waals surface area contributed by atoms with Crippen LogP contribution < -0.4 is 15.4 Å². The molecule has 1 aromatic carbocycles. The lowest BCUT2D eigenvalue weighted by molar-refractivity contribution is 0.380. The van der Waals surface area contributed by atoms with Gasteiger partial charge in [-0.25, -0.2) is 9.97 Å². The van der Waals surface area contributed by atoms with Crippen LogP contribution in [0.15, 0.2) is 24.3 Å². The second kappa shape index (κ2) is 7.49. The molecule has 0 aliphatic rings. The normalized spacial score (nSPS) is 10.5. The third kappa shape index (κ3) is 4.15. The fraction of sp³-hybridized carbons (Fsp3) is 0.235. The van der Waals surface area contributed by atoms with E-state index < -0.39 is 0 Å². The average molecular weight is 372 g/mol. The van der Waals surface area contributed by atoms with Crippen LogP contribution in [-0.2, 0) is 0 Å². The van der Waals surface area contributed by atoms with Gasteiger partial charge in [0.1, 0.15) is 0 Å². The maximum atomic E-state index is 5.90. The van der Waals surface area contributed by atoms with E-state index in [1.54, 1.807) is 12.1 Å². The van der Waals surface area contributed by atoms with Gasteiger partial charge in [0.15, 0.2) is 0 Å². The molecule has 9 heteroatoms. The van der Waals surface area contributed by atoms with Crippen LogP contribution in [0.2, 0.25) is 5.02 Å². The summed E-state index contributed by atoms with van der Waals surface area (Å²) in [4.78, 5) is 21.5. The van der Waals surface area contributed by atoms with Crippen molar-refractivity contribution < 1.29 is 4.74 Å². The Bertz CT molecular complexity index is 908. The van der Waals surface area contributed by atoms with E-state index in [0.717, 1.165) is 22.6 Å². The van der Waals surface area contributed by atoms with Gasteiger partial charge in [-0.15, -0.1) is 0 Å². The molecule has 8 nitrogen and oxygen atoms in total. The number of hydrogen-bond acceptors (Lipinski definition) is 8. The fourth-order valence-corrected chi connectivity index (χ4v) is 2.28. The molecule has 0 radical (unpaired) electrons. The first-order valence-electron chi connectivity index (χ1n) is 7.86. The maximum Gasteiger partial charge on any atom is 0.322 e. The predicted molar refractivity (Wildman–Crippen MR) is 101 cm³/mol. The molecule has 0 amide bonds. The number of halogens is 1. The smallest absolute Gasteiger partial charge is 0.322 e. The number of rotatable bonds is 5. The standard InChI is InChI=1S/C17H18ClN7O/c1-9-10(2)19-14(20-11(9)3)22-16-23-15(24-17(25-16)26-4)21-13-7-5-12(18)6-8-13/h5-8H,1-4H3,(H2,19,20,21,22,23,24,25). The van der Waals surface area contributed by atoms with Crippen molar-refractivity contribution in [3.63, 3.8) is 0 Å². The minimum Gasteiger partial charge on any atom is -0.467 e. The summed E-state index contributed by atoms with van der Waals surface area (Å²) in [6.45, 7) is 5.84. The minimum absolute atomic E-state index is 0.166. The largest absolute Gasteiger partial charge is 0.467 e. The van der Waals surface area contributed by atoms with E-state index in [1.807, 2.05) is 32.9 Å². The van der Waals surface area contributed by atoms with Crippen molar-refractivity contribution in [3.8, 4) is 6.01 Å². The molecule has 0 saturated heterocycles. The molecule has 0 saturated carbocycles. The van der Waals surface area contributed by atoms with Crippen LogP contribution in [0.25, 0.3) is 0 Å². The van der Waals surface area contributed by atoms with Crippen LogP contribution >= 0.6 is 11.6 Å². The molecule has 2 aromatic heterocycles. The molecule has 134 valence electrons. The monoisotopic (exact) mass is 371 g/mol. The van der Waals surface area contributed by atoms with Gasteiger partial charge in [0.05, 0.1) is 7.11 Å². The molecule has 2 heterocycles. The quantitative estimate of drug-likeness (QED) is 0.700. The van der Waals surface area contributed by atoms with Gasteiger partial charge in [-0.3, -0.25) is 5.32 Å². The summed E-state index contributed by atoms with van der Waals surface area (Å²) in [6.07, 6.45) is 0. The van der Waals surface area contributed by atoms with E-state index in [2.05, 4.69) is 35.6 Å². The summed E-state index contributed by atoms with van der Waals surface area (Å²) in [5, 5.41) is 6.73. The number of methoxy groups -OCH3 is 1. The summed E-state index contributed by atoms with van der Waals surface area (Å²) in [6, 6.07) is 7.35. The second-order valence-electron chi connectivity index (χ2n) is 5.57. The average Bonchev–Trinajstić information content (AvgIpc) is 2.61. The van der Waals surface area contributed by atoms with Gasteiger partial charge in [-0.05, 0) is 50.6 Å². The van der Waals surface area contributed by atoms with Crippen LogP contribution in [0.3, 0.4) is 0 Å². The van der Waals surface area contributed by atoms with E-state index in [4.69, 9.17) is 16.3 Å². The molecule has 0 aliphatic heterocycles. The van der Waals surface area contributed by atoms with E-state index in [0.29, 0.717) is 16.9 Å². The van der Waals surface area contributed by atoms with Gasteiger partial charge in [0, 0.05) is 22.1 Å². The number of anilines is 4. The van der Waals surface area contributed by atoms with Gasteiger partial charge < -0.3 is 10.1 Å². The third-order valence-electron chi connectivity index (χ3n) is 3.75. The lowest BCUT2D eigenvalue weighted by Crippen LogP contribution is -2.08. The van der Waals surface area contributed by atoms with Gasteiger partial charge >= 0.3 is 6.01 Å². The van der Waals surface area contributed by atoms with Gasteiger partial charge in [0.25, 0.3) is 0 Å². The fourth-order valence-electron chi connectivity index (χ4n) is 2.15. The predicted octanol–water partition coefficient (Wildman–Crippen LogP) is 3.74. The van der Waals surface area contributed by atoms with E-state index >= 15 is 0 Å². The summed E-state index contributed by atoms with van der Waals surface area (Å²) in [7, 11) is 1.49. The third-order valence-corrected chi connectivity index (χ3v) is 4.01. The molecule has 3 aromatic rings. The van der Waals surface area contributed by atoms with E-state index in [-0.39, 0.29) is 12.0 Å². The van der Waals surface area contributed by atoms with Crippen LogP contribution in [0.1, 0.15) is 17.0 Å². The van der Waals surface area contributed by atoms with Crippen LogP contribution in [-0.4, -0.2) is 32.0 Å². The summed E-state index contributed by atoms with van der Waals surface area (Å²) in [5.41, 5.74) is 3.61. The first-order chi connectivity index (χ1) is 12.4. The highest BCUT2D eigenvalue weighted by molar-refractivity contribution is 6.30. The maximum absolute atomic E-state index is 5.90. The number of ether oxygens (including phenoxy) is 1. The number of benzene rings is 1. The molecular formula is C17H18ClN7O. The number of hydrogen-bond donors (Lipinski definition) is 2. The number of aryl methyl sites for hydroxylation is 2. The van der Waals surface area contributed by atoms with Crippen molar-refractivity contribution >= 4 is 35.1 Å². The topological polar surface area (TPSA) is 97.7 Å². The van der Waals surface area contributed by atoms with Crippen molar-refractivity contribution in [2.75, 3.05) is 17.7 Å². The van der Waals surface area contributed by atoms with E-state index in [9.17, 15) is 0 Å². The number of nitrogens with one attached hydrogen (secondary N) is 2. The molecule has 0 spiro atoms. The first kappa shape index (κ1) is 17.8. The Morgan fingerprint density at radius 3 is 1.88 bits per heavy atom. The molecule has 26 heavy (non-hydrogen) atoms. The van der Waals surface area contributed by atoms with E-state index in [1.165, 1.54) is 7.11 Å². The molecular weight excluding hydrogens is 354 g/mol. The lowest BCUT2D eigenvalue weighted by Gasteiger charge is -2.10. The highest BCUT2D eigenvalue weighted by Gasteiger charge is 2.10. The molecule has 2 N–H and O–H groups in total. The Balaban J connectivity index is 1.88. The van der Waals surface area contributed by atoms with Gasteiger partial charge in [-0.1, -0.05) is 11.6 Å². The zero-order valence-corrected chi connectivity index (χ0v) is 15.6. The van der Waals surface area contributed by atoms with Crippen molar-refractivity contribution in [1.82, 2.24) is 24.9 Å². The van der Waals surface area contributed by atoms with Gasteiger partial charge in [-0.2, -0.15) is 15.0 Å². The molecule has 0 bridgehead atoms. The first-order valence-corrected chi connectivity index (χ1v) is 8.24. The second-order valence-corrected chi connectivity index (χ2v) is 6.01. The highest BCUT2D eigenvalue weighted by atomic mass is 35.5. The Kier molecular flexibility index (Phi) is 5.13. The summed E-state index contributed by atoms with van der Waals surface area (Å²) < 4.78 is 5.15. The molecule has 3 rings (SSSR count). The zero-order chi connectivity index (χ0) is 18.7. The number of aromatic nitrogens is 5. The Morgan fingerprint density at radius 1 is 0.769 bits per heavy atom. The molecule has 0 unspecified atom stereocenters. The molecule has 0 fully saturated rings. The summed E-state index contributed by atoms with van der Waals surface area (Å²) >= 11 is 5.90. The van der Waals surface area contributed by atoms with Crippen molar-refractivity contribution in [2.24, 2.45) is 0 Å². The highest BCUT2D eigenvalue weighted by Crippen LogP contribution is 2.20. The minimum atomic E-state index is 0.166. The van der Waals surface area contributed by atoms with Crippen molar-refractivity contribution in [2.45, 2.75) is 20.8 Å². The Labute approximate surface area is 156 Å². The lowest BCUT2D eigenvalue weighted by atomic mass is 10.2. The summed E-state index contributed by atoms with van der Waals surface area (Å²) in [5.74, 6) is 1.01. The Morgan fingerprint density at radius 2 is 1.31 bits per heavy atom. The van der Waals surface area contributed by atoms with Gasteiger partial charge in [0.2, 0.25) is 17.8 Å². The number of nitrogens with zero attached hydrogens (tertiary/aromatic N) is 5. The molecule has 0 atom stereocenters. The van der Waals surface area contributed by atoms with Crippen LogP contribution in [0, 0.1) is 20.8 Å². The van der Waals surface area contributed by atoms with Crippen LogP contribution in [0.5, 0.6) is 6.01 Å². The Hall–Kier alpha value is -3.00. The van der Waals surface area contributed by atoms with Crippen LogP contribution in [0.4, 0.5) is 23.5 Å². The zero-order valence-electron chi connectivity index (χ0n) is 14.8. The molecule has 0 aliphatic carbocycles. The van der Waals surface area contributed by atoms with Crippen molar-refractivity contribution in [3.05, 3.63) is 46.2 Å². The SMILES string of the molecule is COc1nc(Nc2ccc(Cl)cc2)nc(Nc2nc(C)c(C)c(C)n2)n1.